The van der Waals surface area contributed by atoms with Crippen LogP contribution in [0.1, 0.15) is 12.5 Å². The van der Waals surface area contributed by atoms with Crippen molar-refractivity contribution in [2.75, 3.05) is 17.2 Å². The highest BCUT2D eigenvalue weighted by Crippen LogP contribution is 2.13. The maximum Gasteiger partial charge on any atom is 0.250 e. The molecule has 2 N–H and O–H groups in total. The number of benzene rings is 2. The number of ether oxygens (including phenoxy) is 1. The molecule has 5 heteroatoms. The minimum atomic E-state index is -0.219. The van der Waals surface area contributed by atoms with Gasteiger partial charge in [0.15, 0.2) is 0 Å². The van der Waals surface area contributed by atoms with Crippen LogP contribution in [-0.4, -0.2) is 18.4 Å². The monoisotopic (exact) mass is 298 g/mol. The number of anilines is 2. The van der Waals surface area contributed by atoms with Crippen molar-refractivity contribution in [3.63, 3.8) is 0 Å². The van der Waals surface area contributed by atoms with Crippen molar-refractivity contribution in [2.24, 2.45) is 0 Å². The first kappa shape index (κ1) is 15.7. The molecule has 114 valence electrons. The first-order valence-corrected chi connectivity index (χ1v) is 6.92. The minimum Gasteiger partial charge on any atom is -0.367 e. The van der Waals surface area contributed by atoms with Gasteiger partial charge in [-0.3, -0.25) is 9.59 Å². The van der Waals surface area contributed by atoms with Gasteiger partial charge in [-0.1, -0.05) is 30.3 Å². The molecule has 0 aliphatic heterocycles. The summed E-state index contributed by atoms with van der Waals surface area (Å²) in [6, 6.07) is 16.6. The van der Waals surface area contributed by atoms with E-state index in [1.165, 1.54) is 6.92 Å². The van der Waals surface area contributed by atoms with E-state index >= 15 is 0 Å². The second-order valence-corrected chi connectivity index (χ2v) is 4.79. The Hall–Kier alpha value is -2.66. The number of hydrogen-bond donors (Lipinski definition) is 2. The van der Waals surface area contributed by atoms with E-state index in [0.29, 0.717) is 18.0 Å². The van der Waals surface area contributed by atoms with Gasteiger partial charge in [0.05, 0.1) is 6.61 Å². The van der Waals surface area contributed by atoms with E-state index in [1.54, 1.807) is 24.3 Å². The summed E-state index contributed by atoms with van der Waals surface area (Å²) < 4.78 is 5.36. The van der Waals surface area contributed by atoms with Crippen molar-refractivity contribution < 1.29 is 14.3 Å². The molecule has 0 saturated carbocycles. The summed E-state index contributed by atoms with van der Waals surface area (Å²) in [4.78, 5) is 22.7. The van der Waals surface area contributed by atoms with Gasteiger partial charge in [0.1, 0.15) is 6.61 Å². The largest absolute Gasteiger partial charge is 0.367 e. The molecule has 0 heterocycles. The molecule has 0 bridgehead atoms. The number of hydrogen-bond acceptors (Lipinski definition) is 3. The molecular weight excluding hydrogens is 280 g/mol. The summed E-state index contributed by atoms with van der Waals surface area (Å²) in [5.41, 5.74) is 2.36. The van der Waals surface area contributed by atoms with Gasteiger partial charge < -0.3 is 15.4 Å². The SMILES string of the molecule is CC(=O)Nc1ccc(NC(=O)COCc2ccccc2)cc1. The van der Waals surface area contributed by atoms with Crippen molar-refractivity contribution in [3.05, 3.63) is 60.2 Å². The Kier molecular flexibility index (Phi) is 5.68. The molecule has 2 aromatic rings. The van der Waals surface area contributed by atoms with Crippen LogP contribution in [0.4, 0.5) is 11.4 Å². The molecule has 0 fully saturated rings. The van der Waals surface area contributed by atoms with E-state index in [1.807, 2.05) is 30.3 Å². The Morgan fingerprint density at radius 2 is 1.50 bits per heavy atom. The summed E-state index contributed by atoms with van der Waals surface area (Å²) in [5, 5.41) is 5.39. The lowest BCUT2D eigenvalue weighted by Gasteiger charge is -2.08. The van der Waals surface area contributed by atoms with Gasteiger partial charge in [0.2, 0.25) is 11.8 Å². The second-order valence-electron chi connectivity index (χ2n) is 4.79. The normalized spacial score (nSPS) is 10.0. The molecule has 0 aliphatic rings. The van der Waals surface area contributed by atoms with E-state index in [4.69, 9.17) is 4.74 Å². The lowest BCUT2D eigenvalue weighted by atomic mass is 10.2. The van der Waals surface area contributed by atoms with Gasteiger partial charge in [0.25, 0.3) is 0 Å². The standard InChI is InChI=1S/C17H18N2O3/c1-13(20)18-15-7-9-16(10-8-15)19-17(21)12-22-11-14-5-3-2-4-6-14/h2-10H,11-12H2,1H3,(H,18,20)(H,19,21). The van der Waals surface area contributed by atoms with Crippen LogP contribution in [0, 0.1) is 0 Å². The first-order chi connectivity index (χ1) is 10.6. The van der Waals surface area contributed by atoms with Crippen LogP contribution in [0.2, 0.25) is 0 Å². The zero-order chi connectivity index (χ0) is 15.8. The smallest absolute Gasteiger partial charge is 0.250 e. The summed E-state index contributed by atoms with van der Waals surface area (Å²) in [6.07, 6.45) is 0. The predicted octanol–water partition coefficient (Wildman–Crippen LogP) is 2.80. The average Bonchev–Trinajstić information content (AvgIpc) is 2.50. The molecule has 0 aromatic heterocycles. The zero-order valence-electron chi connectivity index (χ0n) is 12.3. The third-order valence-corrected chi connectivity index (χ3v) is 2.83. The molecule has 0 radical (unpaired) electrons. The minimum absolute atomic E-state index is 0.0116. The number of amides is 2. The molecule has 0 spiro atoms. The van der Waals surface area contributed by atoms with Crippen molar-refractivity contribution in [1.82, 2.24) is 0 Å². The van der Waals surface area contributed by atoms with Crippen LogP contribution in [0.25, 0.3) is 0 Å². The Morgan fingerprint density at radius 3 is 2.09 bits per heavy atom. The lowest BCUT2D eigenvalue weighted by Crippen LogP contribution is -2.18. The fraction of sp³-hybridized carbons (Fsp3) is 0.176. The first-order valence-electron chi connectivity index (χ1n) is 6.92. The molecule has 2 amide bonds. The number of nitrogens with one attached hydrogen (secondary N) is 2. The molecule has 2 rings (SSSR count). The highest BCUT2D eigenvalue weighted by Gasteiger charge is 2.03. The Labute approximate surface area is 129 Å². The van der Waals surface area contributed by atoms with E-state index < -0.39 is 0 Å². The maximum absolute atomic E-state index is 11.8. The number of rotatable bonds is 6. The molecule has 0 saturated heterocycles. The molecule has 0 aliphatic carbocycles. The summed E-state index contributed by atoms with van der Waals surface area (Å²) in [6.45, 7) is 1.83. The molecule has 0 atom stereocenters. The highest BCUT2D eigenvalue weighted by atomic mass is 16.5. The van der Waals surface area contributed by atoms with E-state index in [2.05, 4.69) is 10.6 Å². The fourth-order valence-electron chi connectivity index (χ4n) is 1.87. The Bertz CT molecular complexity index is 624. The summed E-state index contributed by atoms with van der Waals surface area (Å²) in [7, 11) is 0. The highest BCUT2D eigenvalue weighted by molar-refractivity contribution is 5.92. The third kappa shape index (κ3) is 5.38. The predicted molar refractivity (Wildman–Crippen MR) is 85.5 cm³/mol. The summed E-state index contributed by atoms with van der Waals surface area (Å²) in [5.74, 6) is -0.352. The molecule has 5 nitrogen and oxygen atoms in total. The summed E-state index contributed by atoms with van der Waals surface area (Å²) >= 11 is 0. The number of carbonyl (C=O) groups is 2. The molecule has 22 heavy (non-hydrogen) atoms. The zero-order valence-corrected chi connectivity index (χ0v) is 12.3. The van der Waals surface area contributed by atoms with Crippen molar-refractivity contribution >= 4 is 23.2 Å². The molecular formula is C17H18N2O3. The number of carbonyl (C=O) groups excluding carboxylic acids is 2. The second kappa shape index (κ2) is 7.95. The van der Waals surface area contributed by atoms with Crippen molar-refractivity contribution in [3.8, 4) is 0 Å². The van der Waals surface area contributed by atoms with Crippen LogP contribution in [0.5, 0.6) is 0 Å². The van der Waals surface area contributed by atoms with Crippen molar-refractivity contribution in [1.29, 1.82) is 0 Å². The van der Waals surface area contributed by atoms with Gasteiger partial charge in [-0.15, -0.1) is 0 Å². The van der Waals surface area contributed by atoms with Gasteiger partial charge in [-0.25, -0.2) is 0 Å². The van der Waals surface area contributed by atoms with Gasteiger partial charge >= 0.3 is 0 Å². The maximum atomic E-state index is 11.8. The van der Waals surface area contributed by atoms with Crippen LogP contribution < -0.4 is 10.6 Å². The molecule has 0 unspecified atom stereocenters. The van der Waals surface area contributed by atoms with E-state index in [9.17, 15) is 9.59 Å². The molecule has 2 aromatic carbocycles. The Balaban J connectivity index is 1.75. The average molecular weight is 298 g/mol. The fourth-order valence-corrected chi connectivity index (χ4v) is 1.87. The van der Waals surface area contributed by atoms with Crippen LogP contribution >= 0.6 is 0 Å². The van der Waals surface area contributed by atoms with Gasteiger partial charge in [-0.2, -0.15) is 0 Å². The third-order valence-electron chi connectivity index (χ3n) is 2.83. The quantitative estimate of drug-likeness (QED) is 0.861. The lowest BCUT2D eigenvalue weighted by molar-refractivity contribution is -0.121. The van der Waals surface area contributed by atoms with Crippen molar-refractivity contribution in [2.45, 2.75) is 13.5 Å². The van der Waals surface area contributed by atoms with E-state index in [0.717, 1.165) is 5.56 Å². The van der Waals surface area contributed by atoms with Gasteiger partial charge in [-0.05, 0) is 29.8 Å². The van der Waals surface area contributed by atoms with Crippen LogP contribution in [0.15, 0.2) is 54.6 Å². The topological polar surface area (TPSA) is 67.4 Å². The Morgan fingerprint density at radius 1 is 0.909 bits per heavy atom. The van der Waals surface area contributed by atoms with Gasteiger partial charge in [0, 0.05) is 18.3 Å². The van der Waals surface area contributed by atoms with E-state index in [-0.39, 0.29) is 18.4 Å². The van der Waals surface area contributed by atoms with Crippen LogP contribution in [-0.2, 0) is 20.9 Å². The van der Waals surface area contributed by atoms with Crippen LogP contribution in [0.3, 0.4) is 0 Å².